The van der Waals surface area contributed by atoms with Gasteiger partial charge in [0.15, 0.2) is 0 Å². The van der Waals surface area contributed by atoms with Gasteiger partial charge < -0.3 is 9.47 Å². The van der Waals surface area contributed by atoms with Gasteiger partial charge in [0.1, 0.15) is 12.7 Å². The molecule has 4 heterocycles. The SMILES string of the molecule is Cc1csc(-c2cnc3c(C)cn(CC(=O)N4CC(F)C4)c3c2)c1. The van der Waals surface area contributed by atoms with Crippen LogP contribution in [0, 0.1) is 13.8 Å². The fourth-order valence-electron chi connectivity index (χ4n) is 3.06. The fraction of sp³-hybridized carbons (Fsp3) is 0.333. The molecule has 1 saturated heterocycles. The van der Waals surface area contributed by atoms with Crippen molar-refractivity contribution < 1.29 is 9.18 Å². The van der Waals surface area contributed by atoms with E-state index in [2.05, 4.69) is 29.4 Å². The summed E-state index contributed by atoms with van der Waals surface area (Å²) in [5.74, 6) is -0.0434. The number of likely N-dealkylation sites (tertiary alicyclic amines) is 1. The number of rotatable bonds is 3. The highest BCUT2D eigenvalue weighted by Gasteiger charge is 2.30. The molecule has 0 radical (unpaired) electrons. The van der Waals surface area contributed by atoms with Crippen molar-refractivity contribution in [3.05, 3.63) is 41.0 Å². The monoisotopic (exact) mass is 343 g/mol. The lowest BCUT2D eigenvalue weighted by molar-refractivity contribution is -0.138. The molecule has 1 aliphatic heterocycles. The van der Waals surface area contributed by atoms with Gasteiger partial charge in [0, 0.05) is 22.8 Å². The van der Waals surface area contributed by atoms with Crippen molar-refractivity contribution in [3.8, 4) is 10.4 Å². The normalized spacial score (nSPS) is 15.0. The van der Waals surface area contributed by atoms with Crippen LogP contribution in [0.25, 0.3) is 21.5 Å². The Kier molecular flexibility index (Phi) is 3.64. The summed E-state index contributed by atoms with van der Waals surface area (Å²) in [6.45, 7) is 4.73. The number of hydrogen-bond donors (Lipinski definition) is 0. The zero-order valence-electron chi connectivity index (χ0n) is 13.6. The number of nitrogens with zero attached hydrogens (tertiary/aromatic N) is 3. The third-order valence-electron chi connectivity index (χ3n) is 4.41. The number of halogens is 1. The standard InChI is InChI=1S/C18H18FN3OS/c1-11-3-16(24-10-11)13-4-15-18(20-5-13)12(2)6-21(15)9-17(23)22-7-14(19)8-22/h3-6,10,14H,7-9H2,1-2H3. The lowest BCUT2D eigenvalue weighted by Crippen LogP contribution is -2.52. The Balaban J connectivity index is 1.68. The average molecular weight is 343 g/mol. The first kappa shape index (κ1) is 15.3. The molecule has 4 rings (SSSR count). The summed E-state index contributed by atoms with van der Waals surface area (Å²) in [6.07, 6.45) is 2.97. The summed E-state index contributed by atoms with van der Waals surface area (Å²) >= 11 is 1.69. The van der Waals surface area contributed by atoms with Crippen LogP contribution in [0.2, 0.25) is 0 Å². The number of alkyl halides is 1. The molecule has 4 nitrogen and oxygen atoms in total. The molecule has 0 aliphatic carbocycles. The molecule has 24 heavy (non-hydrogen) atoms. The van der Waals surface area contributed by atoms with Crippen LogP contribution in [-0.4, -0.2) is 39.6 Å². The zero-order valence-corrected chi connectivity index (χ0v) is 14.4. The van der Waals surface area contributed by atoms with Crippen molar-refractivity contribution in [3.63, 3.8) is 0 Å². The second-order valence-corrected chi connectivity index (χ2v) is 7.33. The number of hydrogen-bond acceptors (Lipinski definition) is 3. The topological polar surface area (TPSA) is 38.1 Å². The van der Waals surface area contributed by atoms with E-state index in [1.54, 1.807) is 16.2 Å². The lowest BCUT2D eigenvalue weighted by atomic mass is 10.2. The number of pyridine rings is 1. The number of aromatic nitrogens is 2. The third kappa shape index (κ3) is 2.60. The Hall–Kier alpha value is -2.21. The van der Waals surface area contributed by atoms with Crippen molar-refractivity contribution in [2.75, 3.05) is 13.1 Å². The van der Waals surface area contributed by atoms with Gasteiger partial charge in [-0.2, -0.15) is 0 Å². The maximum absolute atomic E-state index is 13.0. The van der Waals surface area contributed by atoms with Gasteiger partial charge in [-0.15, -0.1) is 11.3 Å². The van der Waals surface area contributed by atoms with Gasteiger partial charge in [-0.1, -0.05) is 0 Å². The molecular weight excluding hydrogens is 325 g/mol. The Bertz CT molecular complexity index is 924. The predicted molar refractivity (Wildman–Crippen MR) is 94.0 cm³/mol. The quantitative estimate of drug-likeness (QED) is 0.729. The molecule has 1 aliphatic rings. The molecule has 0 N–H and O–H groups in total. The van der Waals surface area contributed by atoms with E-state index in [0.29, 0.717) is 0 Å². The summed E-state index contributed by atoms with van der Waals surface area (Å²) in [5.41, 5.74) is 5.18. The first-order valence-corrected chi connectivity index (χ1v) is 8.82. The highest BCUT2D eigenvalue weighted by atomic mass is 32.1. The van der Waals surface area contributed by atoms with Gasteiger partial charge >= 0.3 is 0 Å². The Labute approximate surface area is 143 Å². The minimum absolute atomic E-state index is 0.0434. The molecule has 1 fully saturated rings. The highest BCUT2D eigenvalue weighted by Crippen LogP contribution is 2.30. The van der Waals surface area contributed by atoms with Crippen molar-refractivity contribution >= 4 is 28.3 Å². The van der Waals surface area contributed by atoms with Crippen LogP contribution in [0.4, 0.5) is 4.39 Å². The maximum Gasteiger partial charge on any atom is 0.242 e. The molecule has 1 amide bonds. The van der Waals surface area contributed by atoms with Crippen LogP contribution < -0.4 is 0 Å². The first-order chi connectivity index (χ1) is 11.5. The van der Waals surface area contributed by atoms with Gasteiger partial charge in [-0.05, 0) is 42.5 Å². The second-order valence-electron chi connectivity index (χ2n) is 6.42. The molecule has 0 saturated carbocycles. The van der Waals surface area contributed by atoms with E-state index in [-0.39, 0.29) is 25.5 Å². The second kappa shape index (κ2) is 5.70. The number of carbonyl (C=O) groups excluding carboxylic acids is 1. The maximum atomic E-state index is 13.0. The molecule has 0 bridgehead atoms. The van der Waals surface area contributed by atoms with Gasteiger partial charge in [0.05, 0.1) is 24.1 Å². The number of fused-ring (bicyclic) bond motifs is 1. The van der Waals surface area contributed by atoms with E-state index in [0.717, 1.165) is 22.2 Å². The fourth-order valence-corrected chi connectivity index (χ4v) is 3.95. The number of carbonyl (C=O) groups is 1. The summed E-state index contributed by atoms with van der Waals surface area (Å²) in [6, 6.07) is 4.22. The third-order valence-corrected chi connectivity index (χ3v) is 5.51. The van der Waals surface area contributed by atoms with Gasteiger partial charge in [0.2, 0.25) is 5.91 Å². The smallest absolute Gasteiger partial charge is 0.242 e. The van der Waals surface area contributed by atoms with Crippen LogP contribution in [0.15, 0.2) is 29.9 Å². The van der Waals surface area contributed by atoms with Crippen molar-refractivity contribution in [1.29, 1.82) is 0 Å². The van der Waals surface area contributed by atoms with Crippen LogP contribution in [0.3, 0.4) is 0 Å². The minimum Gasteiger partial charge on any atom is -0.336 e. The van der Waals surface area contributed by atoms with Crippen LogP contribution in [-0.2, 0) is 11.3 Å². The summed E-state index contributed by atoms with van der Waals surface area (Å²) in [4.78, 5) is 19.6. The van der Waals surface area contributed by atoms with Crippen molar-refractivity contribution in [2.45, 2.75) is 26.6 Å². The van der Waals surface area contributed by atoms with Gasteiger partial charge in [0.25, 0.3) is 0 Å². The minimum atomic E-state index is -0.868. The molecule has 0 unspecified atom stereocenters. The van der Waals surface area contributed by atoms with Crippen LogP contribution >= 0.6 is 11.3 Å². The zero-order chi connectivity index (χ0) is 16.8. The Morgan fingerprint density at radius 3 is 2.83 bits per heavy atom. The van der Waals surface area contributed by atoms with E-state index in [9.17, 15) is 9.18 Å². The average Bonchev–Trinajstić information content (AvgIpc) is 3.08. The van der Waals surface area contributed by atoms with Crippen LogP contribution in [0.5, 0.6) is 0 Å². The molecule has 6 heteroatoms. The van der Waals surface area contributed by atoms with E-state index < -0.39 is 6.17 Å². The number of aryl methyl sites for hydroxylation is 2. The Morgan fingerprint density at radius 1 is 1.38 bits per heavy atom. The van der Waals surface area contributed by atoms with E-state index in [1.165, 1.54) is 10.4 Å². The first-order valence-electron chi connectivity index (χ1n) is 7.94. The largest absolute Gasteiger partial charge is 0.336 e. The highest BCUT2D eigenvalue weighted by molar-refractivity contribution is 7.13. The Morgan fingerprint density at radius 2 is 2.17 bits per heavy atom. The molecular formula is C18H18FN3OS. The molecule has 124 valence electrons. The van der Waals surface area contributed by atoms with E-state index >= 15 is 0 Å². The van der Waals surface area contributed by atoms with Gasteiger partial charge in [-0.3, -0.25) is 9.78 Å². The van der Waals surface area contributed by atoms with E-state index in [1.807, 2.05) is 23.9 Å². The molecule has 0 aromatic carbocycles. The number of amides is 1. The van der Waals surface area contributed by atoms with Crippen molar-refractivity contribution in [1.82, 2.24) is 14.5 Å². The summed E-state index contributed by atoms with van der Waals surface area (Å²) < 4.78 is 14.9. The van der Waals surface area contributed by atoms with Crippen LogP contribution in [0.1, 0.15) is 11.1 Å². The molecule has 0 atom stereocenters. The predicted octanol–water partition coefficient (Wildman–Crippen LogP) is 3.56. The molecule has 0 spiro atoms. The number of thiophene rings is 1. The van der Waals surface area contributed by atoms with E-state index in [4.69, 9.17) is 0 Å². The van der Waals surface area contributed by atoms with Crippen molar-refractivity contribution in [2.24, 2.45) is 0 Å². The molecule has 3 aromatic heterocycles. The summed E-state index contributed by atoms with van der Waals surface area (Å²) in [7, 11) is 0. The van der Waals surface area contributed by atoms with Gasteiger partial charge in [-0.25, -0.2) is 4.39 Å². The molecule has 3 aromatic rings. The summed E-state index contributed by atoms with van der Waals surface area (Å²) in [5, 5.41) is 2.12. The lowest BCUT2D eigenvalue weighted by Gasteiger charge is -2.34.